The Morgan fingerprint density at radius 1 is 1.12 bits per heavy atom. The number of rotatable bonds is 4. The topological polar surface area (TPSA) is 35.0 Å². The van der Waals surface area contributed by atoms with E-state index in [0.29, 0.717) is 12.5 Å². The summed E-state index contributed by atoms with van der Waals surface area (Å²) < 4.78 is 5.37. The highest BCUT2D eigenvalue weighted by atomic mass is 35.5. The average molecular weight is 247 g/mol. The molecule has 0 N–H and O–H groups in total. The lowest BCUT2D eigenvalue weighted by molar-refractivity contribution is 0.347. The van der Waals surface area contributed by atoms with Crippen LogP contribution in [-0.4, -0.2) is 16.6 Å². The summed E-state index contributed by atoms with van der Waals surface area (Å²) in [5, 5.41) is 0.278. The lowest BCUT2D eigenvalue weighted by atomic mass is 10.2. The normalized spacial score (nSPS) is 10.6. The van der Waals surface area contributed by atoms with Gasteiger partial charge in [-0.2, -0.15) is 0 Å². The second-order valence-electron chi connectivity index (χ2n) is 3.28. The molecule has 2 aromatic rings. The zero-order valence-electron chi connectivity index (χ0n) is 9.08. The molecule has 0 unspecified atom stereocenters. The van der Waals surface area contributed by atoms with E-state index in [0.717, 1.165) is 5.56 Å². The fourth-order valence-electron chi connectivity index (χ4n) is 1.28. The van der Waals surface area contributed by atoms with Gasteiger partial charge in [0, 0.05) is 12.4 Å². The second-order valence-corrected chi connectivity index (χ2v) is 3.63. The van der Waals surface area contributed by atoms with Gasteiger partial charge in [0.2, 0.25) is 0 Å². The number of hydrogen-bond donors (Lipinski definition) is 0. The van der Waals surface area contributed by atoms with Gasteiger partial charge < -0.3 is 4.74 Å². The number of aromatic nitrogens is 2. The number of ether oxygens (including phenoxy) is 1. The van der Waals surface area contributed by atoms with Crippen LogP contribution >= 0.6 is 11.6 Å². The molecule has 3 nitrogen and oxygen atoms in total. The maximum atomic E-state index is 5.80. The number of halogens is 1. The molecule has 0 spiro atoms. The van der Waals surface area contributed by atoms with Gasteiger partial charge in [-0.1, -0.05) is 48.0 Å². The molecule has 0 bridgehead atoms. The maximum absolute atomic E-state index is 5.80. The number of hydrogen-bond acceptors (Lipinski definition) is 3. The van der Waals surface area contributed by atoms with Crippen LogP contribution in [0.4, 0.5) is 0 Å². The van der Waals surface area contributed by atoms with Gasteiger partial charge in [0.15, 0.2) is 5.15 Å². The SMILES string of the molecule is Clc1nccnc1OCC=Cc1ccccc1. The summed E-state index contributed by atoms with van der Waals surface area (Å²) in [5.41, 5.74) is 1.13. The standard InChI is InChI=1S/C13H11ClN2O/c14-12-13(16-9-8-15-12)17-10-4-7-11-5-2-1-3-6-11/h1-9H,10H2. The van der Waals surface area contributed by atoms with Crippen molar-refractivity contribution in [2.24, 2.45) is 0 Å². The Hall–Kier alpha value is -1.87. The van der Waals surface area contributed by atoms with Crippen molar-refractivity contribution >= 4 is 17.7 Å². The first kappa shape index (κ1) is 11.6. The lowest BCUT2D eigenvalue weighted by Gasteiger charge is -2.01. The third-order valence-electron chi connectivity index (χ3n) is 2.05. The molecule has 1 aromatic heterocycles. The molecule has 0 aliphatic carbocycles. The van der Waals surface area contributed by atoms with Crippen LogP contribution in [0.25, 0.3) is 6.08 Å². The Balaban J connectivity index is 1.88. The molecular weight excluding hydrogens is 236 g/mol. The largest absolute Gasteiger partial charge is 0.471 e. The van der Waals surface area contributed by atoms with Crippen molar-refractivity contribution in [1.29, 1.82) is 0 Å². The molecule has 0 aliphatic heterocycles. The van der Waals surface area contributed by atoms with Crippen LogP contribution in [0.1, 0.15) is 5.56 Å². The van der Waals surface area contributed by atoms with E-state index in [1.807, 2.05) is 42.5 Å². The highest BCUT2D eigenvalue weighted by molar-refractivity contribution is 6.30. The minimum Gasteiger partial charge on any atom is -0.471 e. The van der Waals surface area contributed by atoms with Gasteiger partial charge in [-0.05, 0) is 11.6 Å². The van der Waals surface area contributed by atoms with E-state index in [4.69, 9.17) is 16.3 Å². The maximum Gasteiger partial charge on any atom is 0.252 e. The highest BCUT2D eigenvalue weighted by Crippen LogP contribution is 2.16. The van der Waals surface area contributed by atoms with E-state index in [9.17, 15) is 0 Å². The summed E-state index contributed by atoms with van der Waals surface area (Å²) in [6.45, 7) is 0.410. The molecule has 17 heavy (non-hydrogen) atoms. The number of nitrogens with zero attached hydrogens (tertiary/aromatic N) is 2. The molecule has 86 valence electrons. The fraction of sp³-hybridized carbons (Fsp3) is 0.0769. The summed E-state index contributed by atoms with van der Waals surface area (Å²) in [6.07, 6.45) is 6.95. The van der Waals surface area contributed by atoms with Crippen LogP contribution in [0.3, 0.4) is 0 Å². The van der Waals surface area contributed by atoms with Crippen molar-refractivity contribution in [1.82, 2.24) is 9.97 Å². The van der Waals surface area contributed by atoms with Gasteiger partial charge >= 0.3 is 0 Å². The van der Waals surface area contributed by atoms with Crippen LogP contribution in [0.5, 0.6) is 5.88 Å². The van der Waals surface area contributed by atoms with E-state index in [1.54, 1.807) is 6.20 Å². The van der Waals surface area contributed by atoms with Gasteiger partial charge in [-0.25, -0.2) is 9.97 Å². The first-order valence-corrected chi connectivity index (χ1v) is 5.55. The molecule has 0 saturated carbocycles. The van der Waals surface area contributed by atoms with Crippen molar-refractivity contribution in [2.45, 2.75) is 0 Å². The highest BCUT2D eigenvalue weighted by Gasteiger charge is 2.00. The van der Waals surface area contributed by atoms with Crippen LogP contribution in [0.2, 0.25) is 5.15 Å². The van der Waals surface area contributed by atoms with E-state index in [2.05, 4.69) is 9.97 Å². The van der Waals surface area contributed by atoms with E-state index in [-0.39, 0.29) is 5.15 Å². The summed E-state index contributed by atoms with van der Waals surface area (Å²) >= 11 is 5.80. The fourth-order valence-corrected chi connectivity index (χ4v) is 1.44. The van der Waals surface area contributed by atoms with Crippen LogP contribution < -0.4 is 4.74 Å². The monoisotopic (exact) mass is 246 g/mol. The van der Waals surface area contributed by atoms with E-state index < -0.39 is 0 Å². The summed E-state index contributed by atoms with van der Waals surface area (Å²) in [7, 11) is 0. The second kappa shape index (κ2) is 6.01. The van der Waals surface area contributed by atoms with Gasteiger partial charge in [0.25, 0.3) is 5.88 Å². The van der Waals surface area contributed by atoms with Crippen molar-refractivity contribution in [2.75, 3.05) is 6.61 Å². The third kappa shape index (κ3) is 3.57. The minimum atomic E-state index is 0.278. The quantitative estimate of drug-likeness (QED) is 0.831. The van der Waals surface area contributed by atoms with E-state index >= 15 is 0 Å². The molecule has 2 rings (SSSR count). The van der Waals surface area contributed by atoms with Crippen molar-refractivity contribution in [3.05, 3.63) is 59.5 Å². The summed E-state index contributed by atoms with van der Waals surface area (Å²) in [6, 6.07) is 9.99. The predicted molar refractivity (Wildman–Crippen MR) is 68.0 cm³/mol. The van der Waals surface area contributed by atoms with Crippen molar-refractivity contribution < 1.29 is 4.74 Å². The molecule has 0 amide bonds. The Kier molecular flexibility index (Phi) is 4.11. The average Bonchev–Trinajstić information content (AvgIpc) is 2.38. The molecule has 0 radical (unpaired) electrons. The lowest BCUT2D eigenvalue weighted by Crippen LogP contribution is -1.97. The summed E-state index contributed by atoms with van der Waals surface area (Å²) in [5.74, 6) is 0.354. The van der Waals surface area contributed by atoms with Crippen molar-refractivity contribution in [3.8, 4) is 5.88 Å². The first-order valence-electron chi connectivity index (χ1n) is 5.17. The third-order valence-corrected chi connectivity index (χ3v) is 2.31. The molecule has 0 fully saturated rings. The molecule has 0 atom stereocenters. The van der Waals surface area contributed by atoms with Crippen molar-refractivity contribution in [3.63, 3.8) is 0 Å². The smallest absolute Gasteiger partial charge is 0.252 e. The van der Waals surface area contributed by atoms with Gasteiger partial charge in [-0.15, -0.1) is 0 Å². The Labute approximate surface area is 105 Å². The zero-order chi connectivity index (χ0) is 11.9. The minimum absolute atomic E-state index is 0.278. The predicted octanol–water partition coefficient (Wildman–Crippen LogP) is 3.22. The Bertz CT molecular complexity index is 500. The van der Waals surface area contributed by atoms with E-state index in [1.165, 1.54) is 6.20 Å². The van der Waals surface area contributed by atoms with Gasteiger partial charge in [0.05, 0.1) is 0 Å². The molecule has 0 saturated heterocycles. The Morgan fingerprint density at radius 3 is 2.65 bits per heavy atom. The van der Waals surface area contributed by atoms with Crippen LogP contribution in [0.15, 0.2) is 48.8 Å². The molecule has 1 heterocycles. The zero-order valence-corrected chi connectivity index (χ0v) is 9.84. The molecule has 4 heteroatoms. The van der Waals surface area contributed by atoms with Crippen LogP contribution in [-0.2, 0) is 0 Å². The van der Waals surface area contributed by atoms with Gasteiger partial charge in [0.1, 0.15) is 6.61 Å². The number of benzene rings is 1. The summed E-state index contributed by atoms with van der Waals surface area (Å²) in [4.78, 5) is 7.84. The molecule has 0 aliphatic rings. The Morgan fingerprint density at radius 2 is 1.88 bits per heavy atom. The van der Waals surface area contributed by atoms with Crippen LogP contribution in [0, 0.1) is 0 Å². The van der Waals surface area contributed by atoms with Gasteiger partial charge in [-0.3, -0.25) is 0 Å². The first-order chi connectivity index (χ1) is 8.36. The molecular formula is C13H11ClN2O. The molecule has 1 aromatic carbocycles.